The largest absolute Gasteiger partial charge is 0.445 e. The lowest BCUT2D eigenvalue weighted by molar-refractivity contribution is -0.134. The zero-order valence-electron chi connectivity index (χ0n) is 17.0. The van der Waals surface area contributed by atoms with Gasteiger partial charge in [0.05, 0.1) is 11.0 Å². The number of benzene rings is 2. The molecule has 1 saturated heterocycles. The van der Waals surface area contributed by atoms with Crippen LogP contribution < -0.4 is 5.32 Å². The Hall–Kier alpha value is -3.35. The first kappa shape index (κ1) is 19.9. The van der Waals surface area contributed by atoms with Gasteiger partial charge in [0.15, 0.2) is 0 Å². The number of aromatic nitrogens is 2. The maximum atomic E-state index is 12.7. The van der Waals surface area contributed by atoms with Crippen LogP contribution in [0.1, 0.15) is 37.1 Å². The summed E-state index contributed by atoms with van der Waals surface area (Å²) in [6, 6.07) is 16.8. The second kappa shape index (κ2) is 8.98. The van der Waals surface area contributed by atoms with Gasteiger partial charge in [-0.15, -0.1) is 0 Å². The number of para-hydroxylation sites is 2. The van der Waals surface area contributed by atoms with Gasteiger partial charge in [0.2, 0.25) is 5.91 Å². The van der Waals surface area contributed by atoms with E-state index < -0.39 is 12.1 Å². The smallest absolute Gasteiger partial charge is 0.408 e. The van der Waals surface area contributed by atoms with Crippen LogP contribution in [0.5, 0.6) is 0 Å². The Morgan fingerprint density at radius 2 is 1.83 bits per heavy atom. The molecule has 2 amide bonds. The van der Waals surface area contributed by atoms with Crippen LogP contribution in [0, 0.1) is 0 Å². The molecular formula is C23H26N4O3. The number of amides is 2. The Balaban J connectivity index is 1.25. The Morgan fingerprint density at radius 3 is 2.57 bits per heavy atom. The number of carbonyl (C=O) groups excluding carboxylic acids is 2. The van der Waals surface area contributed by atoms with E-state index in [1.807, 2.05) is 54.6 Å². The molecule has 0 spiro atoms. The minimum absolute atomic E-state index is 0.0882. The molecule has 30 heavy (non-hydrogen) atoms. The van der Waals surface area contributed by atoms with Crippen molar-refractivity contribution >= 4 is 23.0 Å². The van der Waals surface area contributed by atoms with Crippen LogP contribution in [0.3, 0.4) is 0 Å². The summed E-state index contributed by atoms with van der Waals surface area (Å²) in [5.74, 6) is 1.20. The van der Waals surface area contributed by atoms with Gasteiger partial charge in [0.1, 0.15) is 18.5 Å². The molecule has 1 fully saturated rings. The quantitative estimate of drug-likeness (QED) is 0.678. The van der Waals surface area contributed by atoms with Gasteiger partial charge in [-0.25, -0.2) is 9.78 Å². The lowest BCUT2D eigenvalue weighted by atomic mass is 9.96. The number of hydrogen-bond acceptors (Lipinski definition) is 4. The predicted octanol–water partition coefficient (Wildman–Crippen LogP) is 3.58. The van der Waals surface area contributed by atoms with Gasteiger partial charge in [0, 0.05) is 19.0 Å². The van der Waals surface area contributed by atoms with Crippen molar-refractivity contribution in [2.45, 2.75) is 38.3 Å². The number of imidazole rings is 1. The number of aromatic amines is 1. The van der Waals surface area contributed by atoms with Crippen molar-refractivity contribution in [1.29, 1.82) is 0 Å². The van der Waals surface area contributed by atoms with Crippen molar-refractivity contribution in [3.05, 3.63) is 66.0 Å². The number of alkyl carbamates (subject to hydrolysis) is 1. The molecule has 0 radical (unpaired) electrons. The molecular weight excluding hydrogens is 380 g/mol. The minimum atomic E-state index is -0.629. The number of H-pyrrole nitrogens is 1. The molecule has 2 aromatic carbocycles. The number of likely N-dealkylation sites (tertiary alicyclic amines) is 1. The van der Waals surface area contributed by atoms with Crippen LogP contribution in [0.25, 0.3) is 11.0 Å². The third kappa shape index (κ3) is 4.62. The fourth-order valence-corrected chi connectivity index (χ4v) is 3.82. The molecule has 1 aromatic heterocycles. The summed E-state index contributed by atoms with van der Waals surface area (Å²) in [5.41, 5.74) is 2.91. The van der Waals surface area contributed by atoms with Crippen molar-refractivity contribution in [2.75, 3.05) is 13.1 Å². The van der Waals surface area contributed by atoms with Crippen LogP contribution in [0.15, 0.2) is 54.6 Å². The molecule has 1 aliphatic heterocycles. The molecule has 0 unspecified atom stereocenters. The number of hydrogen-bond donors (Lipinski definition) is 2. The van der Waals surface area contributed by atoms with Crippen LogP contribution in [-0.4, -0.2) is 46.0 Å². The lowest BCUT2D eigenvalue weighted by Crippen LogP contribution is -2.49. The van der Waals surface area contributed by atoms with Crippen molar-refractivity contribution in [1.82, 2.24) is 20.2 Å². The normalized spacial score (nSPS) is 15.7. The fourth-order valence-electron chi connectivity index (χ4n) is 3.82. The van der Waals surface area contributed by atoms with E-state index in [4.69, 9.17) is 9.72 Å². The Kier molecular flexibility index (Phi) is 5.97. The van der Waals surface area contributed by atoms with Gasteiger partial charge in [0.25, 0.3) is 0 Å². The highest BCUT2D eigenvalue weighted by Crippen LogP contribution is 2.27. The zero-order chi connectivity index (χ0) is 20.9. The maximum absolute atomic E-state index is 12.7. The molecule has 0 aliphatic carbocycles. The molecule has 3 aromatic rings. The minimum Gasteiger partial charge on any atom is -0.445 e. The van der Waals surface area contributed by atoms with Gasteiger partial charge in [-0.3, -0.25) is 4.79 Å². The van der Waals surface area contributed by atoms with E-state index in [2.05, 4.69) is 10.3 Å². The van der Waals surface area contributed by atoms with E-state index in [0.717, 1.165) is 35.3 Å². The molecule has 1 atom stereocenters. The molecule has 156 valence electrons. The van der Waals surface area contributed by atoms with Crippen molar-refractivity contribution in [3.8, 4) is 0 Å². The summed E-state index contributed by atoms with van der Waals surface area (Å²) in [6.07, 6.45) is 1.10. The summed E-state index contributed by atoms with van der Waals surface area (Å²) in [4.78, 5) is 34.6. The number of carbonyl (C=O) groups is 2. The maximum Gasteiger partial charge on any atom is 0.408 e. The van der Waals surface area contributed by atoms with Crippen molar-refractivity contribution in [2.24, 2.45) is 0 Å². The molecule has 2 N–H and O–H groups in total. The number of piperidine rings is 1. The lowest BCUT2D eigenvalue weighted by Gasteiger charge is -2.32. The van der Waals surface area contributed by atoms with Crippen LogP contribution >= 0.6 is 0 Å². The molecule has 4 rings (SSSR count). The fraction of sp³-hybridized carbons (Fsp3) is 0.348. The topological polar surface area (TPSA) is 87.3 Å². The predicted molar refractivity (Wildman–Crippen MR) is 114 cm³/mol. The van der Waals surface area contributed by atoms with Crippen LogP contribution in [0.2, 0.25) is 0 Å². The summed E-state index contributed by atoms with van der Waals surface area (Å²) < 4.78 is 5.21. The first-order chi connectivity index (χ1) is 14.6. The highest BCUT2D eigenvalue weighted by atomic mass is 16.5. The van der Waals surface area contributed by atoms with Crippen LogP contribution in [-0.2, 0) is 16.1 Å². The second-order valence-electron chi connectivity index (χ2n) is 7.67. The van der Waals surface area contributed by atoms with E-state index in [9.17, 15) is 9.59 Å². The number of nitrogens with zero attached hydrogens (tertiary/aromatic N) is 2. The number of rotatable bonds is 5. The highest BCUT2D eigenvalue weighted by Gasteiger charge is 2.29. The van der Waals surface area contributed by atoms with E-state index >= 15 is 0 Å². The molecule has 2 heterocycles. The molecule has 0 bridgehead atoms. The van der Waals surface area contributed by atoms with Gasteiger partial charge in [-0.1, -0.05) is 42.5 Å². The first-order valence-electron chi connectivity index (χ1n) is 10.3. The SMILES string of the molecule is C[C@H](NC(=O)OCc1ccccc1)C(=O)N1CCC(c2nc3ccccc3[nH]2)CC1. The Bertz CT molecular complexity index is 976. The van der Waals surface area contributed by atoms with Crippen molar-refractivity contribution < 1.29 is 14.3 Å². The standard InChI is InChI=1S/C23H26N4O3/c1-16(24-23(29)30-15-17-7-3-2-4-8-17)22(28)27-13-11-18(12-14-27)21-25-19-9-5-6-10-20(19)26-21/h2-10,16,18H,11-15H2,1H3,(H,24,29)(H,25,26)/t16-/m0/s1. The average Bonchev–Trinajstić information content (AvgIpc) is 3.22. The summed E-state index contributed by atoms with van der Waals surface area (Å²) >= 11 is 0. The molecule has 7 nitrogen and oxygen atoms in total. The van der Waals surface area contributed by atoms with Gasteiger partial charge >= 0.3 is 6.09 Å². The summed E-state index contributed by atoms with van der Waals surface area (Å²) in [5, 5.41) is 2.64. The Morgan fingerprint density at radius 1 is 1.13 bits per heavy atom. The third-order valence-corrected chi connectivity index (χ3v) is 5.52. The highest BCUT2D eigenvalue weighted by molar-refractivity contribution is 5.85. The average molecular weight is 406 g/mol. The van der Waals surface area contributed by atoms with Gasteiger partial charge in [-0.05, 0) is 37.5 Å². The molecule has 1 aliphatic rings. The monoisotopic (exact) mass is 406 g/mol. The number of fused-ring (bicyclic) bond motifs is 1. The van der Waals surface area contributed by atoms with E-state index in [0.29, 0.717) is 19.0 Å². The Labute approximate surface area is 175 Å². The first-order valence-corrected chi connectivity index (χ1v) is 10.3. The number of ether oxygens (including phenoxy) is 1. The second-order valence-corrected chi connectivity index (χ2v) is 7.67. The molecule has 0 saturated carbocycles. The van der Waals surface area contributed by atoms with E-state index in [1.165, 1.54) is 0 Å². The summed E-state index contributed by atoms with van der Waals surface area (Å²) in [7, 11) is 0. The third-order valence-electron chi connectivity index (χ3n) is 5.52. The van der Waals surface area contributed by atoms with E-state index in [-0.39, 0.29) is 12.5 Å². The van der Waals surface area contributed by atoms with Gasteiger partial charge in [-0.2, -0.15) is 0 Å². The zero-order valence-corrected chi connectivity index (χ0v) is 17.0. The van der Waals surface area contributed by atoms with Crippen LogP contribution in [0.4, 0.5) is 4.79 Å². The van der Waals surface area contributed by atoms with Crippen molar-refractivity contribution in [3.63, 3.8) is 0 Å². The van der Waals surface area contributed by atoms with Gasteiger partial charge < -0.3 is 19.9 Å². The number of nitrogens with one attached hydrogen (secondary N) is 2. The molecule has 7 heteroatoms. The summed E-state index contributed by atoms with van der Waals surface area (Å²) in [6.45, 7) is 3.16. The van der Waals surface area contributed by atoms with E-state index in [1.54, 1.807) is 11.8 Å².